The predicted molar refractivity (Wildman–Crippen MR) is 118 cm³/mol. The second-order valence-electron chi connectivity index (χ2n) is 11.2. The number of unbranched alkanes of at least 4 members (excludes halogenated alkanes) is 1. The maximum Gasteiger partial charge on any atom is 0.232 e. The van der Waals surface area contributed by atoms with Crippen LogP contribution in [0.3, 0.4) is 0 Å². The van der Waals surface area contributed by atoms with Crippen molar-refractivity contribution in [3.63, 3.8) is 0 Å². The van der Waals surface area contributed by atoms with Gasteiger partial charge in [0.15, 0.2) is 0 Å². The molecular formula is C25H47NO2. The molecule has 1 saturated heterocycles. The Morgan fingerprint density at radius 2 is 1.64 bits per heavy atom. The molecule has 1 aliphatic carbocycles. The van der Waals surface area contributed by atoms with Crippen LogP contribution in [0.1, 0.15) is 102 Å². The molecule has 0 radical (unpaired) electrons. The van der Waals surface area contributed by atoms with E-state index in [1.54, 1.807) is 0 Å². The maximum atomic E-state index is 14.4. The van der Waals surface area contributed by atoms with Crippen molar-refractivity contribution in [2.24, 2.45) is 29.1 Å². The monoisotopic (exact) mass is 393 g/mol. The van der Waals surface area contributed by atoms with Crippen LogP contribution in [0.4, 0.5) is 0 Å². The molecule has 0 spiro atoms. The standard InChI is InChI=1S/C25H47NO2/c1-12-13-14-18(6)24(10)21(16(2)3)28-25(11)20(8)15-19(7)23(25,9)22(27)26(24)17(4)5/h16-21H,12-15H2,1-11H3. The van der Waals surface area contributed by atoms with E-state index in [9.17, 15) is 4.79 Å². The summed E-state index contributed by atoms with van der Waals surface area (Å²) in [6, 6.07) is 0.161. The first-order valence-electron chi connectivity index (χ1n) is 11.8. The lowest BCUT2D eigenvalue weighted by atomic mass is 9.69. The Morgan fingerprint density at radius 3 is 2.11 bits per heavy atom. The van der Waals surface area contributed by atoms with Gasteiger partial charge in [-0.2, -0.15) is 0 Å². The lowest BCUT2D eigenvalue weighted by Gasteiger charge is -2.52. The Balaban J connectivity index is 2.73. The number of carbonyl (C=O) groups excluding carboxylic acids is 1. The predicted octanol–water partition coefficient (Wildman–Crippen LogP) is 6.30. The van der Waals surface area contributed by atoms with Crippen LogP contribution in [-0.4, -0.2) is 34.1 Å². The van der Waals surface area contributed by atoms with Gasteiger partial charge < -0.3 is 9.64 Å². The van der Waals surface area contributed by atoms with Crippen molar-refractivity contribution in [2.45, 2.75) is 125 Å². The summed E-state index contributed by atoms with van der Waals surface area (Å²) in [5.74, 6) is 1.76. The molecule has 164 valence electrons. The van der Waals surface area contributed by atoms with Crippen LogP contribution in [0.2, 0.25) is 0 Å². The number of amides is 1. The molecule has 1 saturated carbocycles. The van der Waals surface area contributed by atoms with Crippen LogP contribution >= 0.6 is 0 Å². The molecular weight excluding hydrogens is 346 g/mol. The van der Waals surface area contributed by atoms with E-state index in [1.807, 2.05) is 0 Å². The largest absolute Gasteiger partial charge is 0.368 e. The Labute approximate surface area is 175 Å². The van der Waals surface area contributed by atoms with Crippen molar-refractivity contribution in [3.8, 4) is 0 Å². The fraction of sp³-hybridized carbons (Fsp3) is 0.960. The lowest BCUT2D eigenvalue weighted by Crippen LogP contribution is -2.64. The molecule has 1 aliphatic heterocycles. The first kappa shape index (κ1) is 23.7. The topological polar surface area (TPSA) is 29.5 Å². The van der Waals surface area contributed by atoms with E-state index in [1.165, 1.54) is 12.8 Å². The summed E-state index contributed by atoms with van der Waals surface area (Å²) in [7, 11) is 0. The van der Waals surface area contributed by atoms with E-state index < -0.39 is 11.0 Å². The molecule has 2 fully saturated rings. The molecule has 7 unspecified atom stereocenters. The van der Waals surface area contributed by atoms with Gasteiger partial charge in [-0.3, -0.25) is 4.79 Å². The summed E-state index contributed by atoms with van der Waals surface area (Å²) >= 11 is 0. The SMILES string of the molecule is CCCCC(C)C1(C)C(C(C)C)OC2(C)C(C)CC(C)C2(C)C(=O)N1C(C)C. The average molecular weight is 394 g/mol. The average Bonchev–Trinajstić information content (AvgIpc) is 2.73. The Kier molecular flexibility index (Phi) is 6.71. The minimum Gasteiger partial charge on any atom is -0.368 e. The fourth-order valence-corrected chi connectivity index (χ4v) is 6.57. The number of hydrogen-bond acceptors (Lipinski definition) is 2. The van der Waals surface area contributed by atoms with Crippen LogP contribution in [-0.2, 0) is 9.53 Å². The number of hydrogen-bond donors (Lipinski definition) is 0. The van der Waals surface area contributed by atoms with Crippen molar-refractivity contribution in [2.75, 3.05) is 0 Å². The zero-order valence-corrected chi connectivity index (χ0v) is 20.6. The van der Waals surface area contributed by atoms with Crippen molar-refractivity contribution in [1.82, 2.24) is 4.90 Å². The molecule has 0 aromatic heterocycles. The summed E-state index contributed by atoms with van der Waals surface area (Å²) in [5.41, 5.74) is -1.20. The van der Waals surface area contributed by atoms with E-state index >= 15 is 0 Å². The van der Waals surface area contributed by atoms with Crippen molar-refractivity contribution in [3.05, 3.63) is 0 Å². The zero-order valence-electron chi connectivity index (χ0n) is 20.6. The van der Waals surface area contributed by atoms with E-state index in [4.69, 9.17) is 4.74 Å². The molecule has 1 amide bonds. The molecule has 0 bridgehead atoms. The van der Waals surface area contributed by atoms with E-state index in [-0.39, 0.29) is 17.7 Å². The highest BCUT2D eigenvalue weighted by Gasteiger charge is 2.69. The highest BCUT2D eigenvalue weighted by molar-refractivity contribution is 5.86. The Hall–Kier alpha value is -0.570. The maximum absolute atomic E-state index is 14.4. The highest BCUT2D eigenvalue weighted by Crippen LogP contribution is 2.60. The number of rotatable bonds is 6. The quantitative estimate of drug-likeness (QED) is 0.529. The molecule has 2 rings (SSSR count). The molecule has 0 aromatic rings. The number of nitrogens with zero attached hydrogens (tertiary/aromatic N) is 1. The van der Waals surface area contributed by atoms with Crippen molar-refractivity contribution < 1.29 is 9.53 Å². The van der Waals surface area contributed by atoms with Gasteiger partial charge in [0.25, 0.3) is 0 Å². The third kappa shape index (κ3) is 3.15. The summed E-state index contributed by atoms with van der Waals surface area (Å²) in [4.78, 5) is 16.6. The minimum atomic E-state index is -0.480. The van der Waals surface area contributed by atoms with Gasteiger partial charge in [0.1, 0.15) is 0 Å². The first-order valence-corrected chi connectivity index (χ1v) is 11.8. The summed E-state index contributed by atoms with van der Waals surface area (Å²) in [6.45, 7) is 24.8. The normalized spacial score (nSPS) is 42.8. The number of fused-ring (bicyclic) bond motifs is 1. The van der Waals surface area contributed by atoms with Crippen LogP contribution in [0.5, 0.6) is 0 Å². The third-order valence-corrected chi connectivity index (χ3v) is 8.90. The minimum absolute atomic E-state index is 0.0327. The molecule has 28 heavy (non-hydrogen) atoms. The molecule has 0 N–H and O–H groups in total. The van der Waals surface area contributed by atoms with Crippen LogP contribution in [0.15, 0.2) is 0 Å². The summed E-state index contributed by atoms with van der Waals surface area (Å²) in [6.07, 6.45) is 4.60. The molecule has 3 heteroatoms. The van der Waals surface area contributed by atoms with E-state index in [2.05, 4.69) is 81.1 Å². The molecule has 3 nitrogen and oxygen atoms in total. The van der Waals surface area contributed by atoms with Gasteiger partial charge in [0, 0.05) is 6.04 Å². The lowest BCUT2D eigenvalue weighted by molar-refractivity contribution is -0.185. The van der Waals surface area contributed by atoms with Gasteiger partial charge in [0.05, 0.1) is 22.7 Å². The molecule has 7 atom stereocenters. The highest BCUT2D eigenvalue weighted by atomic mass is 16.5. The van der Waals surface area contributed by atoms with Gasteiger partial charge >= 0.3 is 0 Å². The van der Waals surface area contributed by atoms with Gasteiger partial charge in [-0.1, -0.05) is 54.4 Å². The third-order valence-electron chi connectivity index (χ3n) is 8.90. The van der Waals surface area contributed by atoms with E-state index in [0.29, 0.717) is 29.6 Å². The van der Waals surface area contributed by atoms with Crippen LogP contribution in [0, 0.1) is 29.1 Å². The van der Waals surface area contributed by atoms with Gasteiger partial charge in [-0.05, 0) is 71.1 Å². The van der Waals surface area contributed by atoms with Gasteiger partial charge in [0.2, 0.25) is 5.91 Å². The van der Waals surface area contributed by atoms with Crippen molar-refractivity contribution >= 4 is 5.91 Å². The Bertz CT molecular complexity index is 573. The second kappa shape index (κ2) is 7.93. The number of ether oxygens (including phenoxy) is 1. The van der Waals surface area contributed by atoms with Gasteiger partial charge in [-0.25, -0.2) is 0 Å². The molecule has 0 aromatic carbocycles. The fourth-order valence-electron chi connectivity index (χ4n) is 6.57. The van der Waals surface area contributed by atoms with Crippen LogP contribution in [0.25, 0.3) is 0 Å². The molecule has 1 heterocycles. The summed E-state index contributed by atoms with van der Waals surface area (Å²) in [5, 5.41) is 0. The van der Waals surface area contributed by atoms with Gasteiger partial charge in [-0.15, -0.1) is 0 Å². The zero-order chi connectivity index (χ0) is 21.7. The summed E-state index contributed by atoms with van der Waals surface area (Å²) < 4.78 is 7.18. The van der Waals surface area contributed by atoms with Crippen LogP contribution < -0.4 is 0 Å². The molecule has 2 aliphatic rings. The van der Waals surface area contributed by atoms with E-state index in [0.717, 1.165) is 12.8 Å². The number of carbonyl (C=O) groups is 1. The smallest absolute Gasteiger partial charge is 0.232 e. The first-order chi connectivity index (χ1) is 12.8. The van der Waals surface area contributed by atoms with Crippen molar-refractivity contribution in [1.29, 1.82) is 0 Å². The second-order valence-corrected chi connectivity index (χ2v) is 11.2. The Morgan fingerprint density at radius 1 is 1.07 bits per heavy atom.